The van der Waals surface area contributed by atoms with E-state index >= 15 is 0 Å². The zero-order chi connectivity index (χ0) is 45.5. The molecule has 0 saturated carbocycles. The van der Waals surface area contributed by atoms with Gasteiger partial charge in [0.15, 0.2) is 0 Å². The fourth-order valence-corrected chi connectivity index (χ4v) is 7.80. The molecule has 8 rings (SSSR count). The molecular weight excluding hydrogens is 887 g/mol. The zero-order valence-electron chi connectivity index (χ0n) is 40.4. The first-order chi connectivity index (χ1) is 29.7. The maximum absolute atomic E-state index is 9.38. The van der Waals surface area contributed by atoms with Gasteiger partial charge in [-0.05, 0) is 93.8 Å². The Morgan fingerprint density at radius 3 is 2.07 bits per heavy atom. The van der Waals surface area contributed by atoms with Gasteiger partial charge in [0.25, 0.3) is 0 Å². The molecule has 0 aliphatic heterocycles. The van der Waals surface area contributed by atoms with Crippen molar-refractivity contribution in [3.05, 3.63) is 162 Å². The third-order valence-electron chi connectivity index (χ3n) is 10.2. The number of aromatic nitrogens is 3. The van der Waals surface area contributed by atoms with Crippen molar-refractivity contribution in [1.82, 2.24) is 15.0 Å². The second-order valence-corrected chi connectivity index (χ2v) is 15.4. The third-order valence-corrected chi connectivity index (χ3v) is 10.2. The van der Waals surface area contributed by atoms with Crippen LogP contribution in [0.5, 0.6) is 0 Å². The number of aryl methyl sites for hydroxylation is 1. The minimum atomic E-state index is -2.47. The molecule has 0 amide bonds. The van der Waals surface area contributed by atoms with Gasteiger partial charge in [0.2, 0.25) is 5.71 Å². The van der Waals surface area contributed by atoms with Crippen molar-refractivity contribution in [3.63, 3.8) is 0 Å². The maximum atomic E-state index is 9.38. The number of hydrogen-bond acceptors (Lipinski definition) is 4. The summed E-state index contributed by atoms with van der Waals surface area (Å²) in [6.07, 6.45) is 3.33. The van der Waals surface area contributed by atoms with Crippen LogP contribution in [0.25, 0.3) is 67.0 Å². The summed E-state index contributed by atoms with van der Waals surface area (Å²) < 4.78 is 59.6. The molecule has 4 aromatic heterocycles. The Hall–Kier alpha value is -5.22. The van der Waals surface area contributed by atoms with Crippen molar-refractivity contribution in [2.24, 2.45) is 11.8 Å². The summed E-state index contributed by atoms with van der Waals surface area (Å²) in [4.78, 5) is 14.0. The summed E-state index contributed by atoms with van der Waals surface area (Å²) in [6, 6.07) is 43.1. The van der Waals surface area contributed by atoms with Crippen molar-refractivity contribution in [2.45, 2.75) is 79.9 Å². The first-order valence-corrected chi connectivity index (χ1v) is 19.6. The van der Waals surface area contributed by atoms with E-state index in [-0.39, 0.29) is 37.5 Å². The molecule has 0 unspecified atom stereocenters. The van der Waals surface area contributed by atoms with E-state index in [0.717, 1.165) is 49.8 Å². The van der Waals surface area contributed by atoms with Crippen LogP contribution < -0.4 is 0 Å². The molecule has 0 saturated heterocycles. The number of pyridine rings is 3. The van der Waals surface area contributed by atoms with Crippen LogP contribution in [0.15, 0.2) is 132 Å². The number of fused-ring (bicyclic) bond motifs is 3. The minimum Gasteiger partial charge on any atom is -0.486 e. The van der Waals surface area contributed by atoms with Gasteiger partial charge in [0.1, 0.15) is 0 Å². The van der Waals surface area contributed by atoms with Crippen molar-refractivity contribution < 1.29 is 32.7 Å². The first kappa shape index (κ1) is 34.8. The molecule has 0 bridgehead atoms. The summed E-state index contributed by atoms with van der Waals surface area (Å²) in [7, 11) is 0. The molecule has 0 aliphatic carbocycles. The third kappa shape index (κ3) is 8.77. The standard InChI is InChI=1S/C42H45N2O.C11H8N.Ir/c1-24(2)30-18-19-31(29-14-11-10-12-15-29)39(27(7)8)40(30)36-21-20-33-32-16-13-17-34(41(32)45-42(33)44-36)37-22-28(9)35(23-43-37)38(25(3)4)26(5)6;1-2-6-10(7-3-1)11-8-4-5-9-12-11;/h10-16,18-27,38H,1-9H3;1-6,8-9H;/q2*-1;/i9D3,24D,27D,38D;;. The van der Waals surface area contributed by atoms with Crippen molar-refractivity contribution >= 4 is 22.1 Å². The Morgan fingerprint density at radius 2 is 1.41 bits per heavy atom. The molecule has 0 N–H and O–H groups in total. The predicted molar refractivity (Wildman–Crippen MR) is 238 cm³/mol. The minimum absolute atomic E-state index is 0. The summed E-state index contributed by atoms with van der Waals surface area (Å²) in [5.41, 5.74) is 8.99. The van der Waals surface area contributed by atoms with Gasteiger partial charge in [-0.3, -0.25) is 0 Å². The quantitative estimate of drug-likeness (QED) is 0.135. The molecule has 0 atom stereocenters. The van der Waals surface area contributed by atoms with Crippen molar-refractivity contribution in [3.8, 4) is 44.9 Å². The number of nitrogens with zero attached hydrogens (tertiary/aromatic N) is 3. The molecule has 0 aliphatic rings. The van der Waals surface area contributed by atoms with Gasteiger partial charge in [0.05, 0.1) is 11.3 Å². The van der Waals surface area contributed by atoms with Crippen LogP contribution >= 0.6 is 0 Å². The summed E-state index contributed by atoms with van der Waals surface area (Å²) >= 11 is 0. The van der Waals surface area contributed by atoms with Crippen LogP contribution in [-0.4, -0.2) is 15.0 Å². The van der Waals surface area contributed by atoms with Crippen LogP contribution in [-0.2, 0) is 20.1 Å². The topological polar surface area (TPSA) is 51.8 Å². The van der Waals surface area contributed by atoms with Crippen LogP contribution in [0.1, 0.15) is 104 Å². The second-order valence-electron chi connectivity index (χ2n) is 15.4. The number of benzene rings is 4. The first-order valence-electron chi connectivity index (χ1n) is 22.6. The summed E-state index contributed by atoms with van der Waals surface area (Å²) in [6.45, 7) is 12.7. The smallest absolute Gasteiger partial charge is 0.216 e. The normalized spacial score (nSPS) is 13.8. The molecule has 8 aromatic rings. The molecule has 297 valence electrons. The van der Waals surface area contributed by atoms with Crippen LogP contribution in [0, 0.1) is 30.8 Å². The van der Waals surface area contributed by atoms with Gasteiger partial charge >= 0.3 is 0 Å². The van der Waals surface area contributed by atoms with E-state index in [9.17, 15) is 2.74 Å². The van der Waals surface area contributed by atoms with E-state index in [2.05, 4.69) is 17.1 Å². The van der Waals surface area contributed by atoms with Gasteiger partial charge in [-0.25, -0.2) is 4.98 Å². The number of rotatable bonds is 9. The van der Waals surface area contributed by atoms with E-state index in [1.165, 1.54) is 0 Å². The van der Waals surface area contributed by atoms with E-state index in [1.807, 2.05) is 159 Å². The molecule has 5 heteroatoms. The Morgan fingerprint density at radius 1 is 0.655 bits per heavy atom. The molecule has 0 spiro atoms. The predicted octanol–water partition coefficient (Wildman–Crippen LogP) is 14.7. The van der Waals surface area contributed by atoms with E-state index in [4.69, 9.17) is 19.9 Å². The van der Waals surface area contributed by atoms with Crippen molar-refractivity contribution in [2.75, 3.05) is 0 Å². The largest absolute Gasteiger partial charge is 0.486 e. The zero-order valence-corrected chi connectivity index (χ0v) is 36.8. The number of furan rings is 1. The van der Waals surface area contributed by atoms with E-state index in [0.29, 0.717) is 33.8 Å². The Balaban J connectivity index is 0.000000449. The Labute approximate surface area is 367 Å². The molecule has 0 fully saturated rings. The van der Waals surface area contributed by atoms with Gasteiger partial charge < -0.3 is 14.4 Å². The van der Waals surface area contributed by atoms with Gasteiger partial charge in [-0.15, -0.1) is 54.1 Å². The Kier molecular flexibility index (Phi) is 11.1. The van der Waals surface area contributed by atoms with Gasteiger partial charge in [0, 0.05) is 51.7 Å². The fourth-order valence-electron chi connectivity index (χ4n) is 7.80. The van der Waals surface area contributed by atoms with Crippen molar-refractivity contribution in [1.29, 1.82) is 0 Å². The van der Waals surface area contributed by atoms with E-state index in [1.54, 1.807) is 24.5 Å². The fraction of sp³-hybridized carbons (Fsp3) is 0.264. The molecular formula is C53H53IrN3O-2. The second kappa shape index (κ2) is 18.6. The number of hydrogen-bond donors (Lipinski definition) is 0. The van der Waals surface area contributed by atoms with Gasteiger partial charge in [-0.2, -0.15) is 0 Å². The van der Waals surface area contributed by atoms with Crippen LogP contribution in [0.2, 0.25) is 0 Å². The summed E-state index contributed by atoms with van der Waals surface area (Å²) in [5, 5.41) is 1.54. The average Bonchev–Trinajstić information content (AvgIpc) is 3.64. The van der Waals surface area contributed by atoms with E-state index < -0.39 is 24.5 Å². The monoisotopic (exact) mass is 946 g/mol. The molecule has 58 heavy (non-hydrogen) atoms. The SMILES string of the molecule is [2H]C([2H])([2H])c1cc(-c2[c-]ccc3c2oc2nc(-c4c(C([2H])(C)C)ccc(-c5ccccc5)c4C([2H])(C)C)ccc23)ncc1C([2H])(C(C)C)C(C)C.[Ir].[c-]1ccccc1-c1ccccn1. The average molecular weight is 946 g/mol. The summed E-state index contributed by atoms with van der Waals surface area (Å²) in [5.74, 6) is -3.46. The Bertz CT molecular complexity index is 2820. The molecule has 4 aromatic carbocycles. The maximum Gasteiger partial charge on any atom is 0.216 e. The molecule has 4 nitrogen and oxygen atoms in total. The van der Waals surface area contributed by atoms with Crippen LogP contribution in [0.3, 0.4) is 0 Å². The van der Waals surface area contributed by atoms with Gasteiger partial charge in [-0.1, -0.05) is 133 Å². The molecule has 1 radical (unpaired) electrons. The molecule has 4 heterocycles. The van der Waals surface area contributed by atoms with Crippen LogP contribution in [0.4, 0.5) is 0 Å².